The molecule has 13 heavy (non-hydrogen) atoms. The average Bonchev–Trinajstić information content (AvgIpc) is 2.48. The lowest BCUT2D eigenvalue weighted by Crippen LogP contribution is -1.94. The third-order valence-corrected chi connectivity index (χ3v) is 2.16. The zero-order chi connectivity index (χ0) is 9.42. The summed E-state index contributed by atoms with van der Waals surface area (Å²) in [6.07, 6.45) is 4.67. The van der Waals surface area contributed by atoms with E-state index < -0.39 is 6.10 Å². The Kier molecular flexibility index (Phi) is 1.77. The van der Waals surface area contributed by atoms with Gasteiger partial charge in [0.15, 0.2) is 0 Å². The van der Waals surface area contributed by atoms with Crippen molar-refractivity contribution in [3.8, 4) is 0 Å². The van der Waals surface area contributed by atoms with Gasteiger partial charge in [0.2, 0.25) is 0 Å². The Balaban J connectivity index is 2.77. The minimum absolute atomic E-state index is 0.500. The summed E-state index contributed by atoms with van der Waals surface area (Å²) >= 11 is 0. The van der Waals surface area contributed by atoms with Crippen molar-refractivity contribution in [1.82, 2.24) is 14.8 Å². The van der Waals surface area contributed by atoms with Crippen molar-refractivity contribution in [2.24, 2.45) is 7.05 Å². The molecule has 0 aliphatic rings. The number of hydrogen-bond donors (Lipinski definition) is 1. The molecule has 0 saturated heterocycles. The van der Waals surface area contributed by atoms with Gasteiger partial charge < -0.3 is 5.11 Å². The second-order valence-electron chi connectivity index (χ2n) is 3.11. The van der Waals surface area contributed by atoms with Crippen LogP contribution in [0.3, 0.4) is 0 Å². The SMILES string of the molecule is CC(O)c1cncc2c1cnn2C. The standard InChI is InChI=1S/C9H11N3O/c1-6(13)7-3-10-5-9-8(7)4-11-12(9)2/h3-6,13H,1-2H3. The van der Waals surface area contributed by atoms with Gasteiger partial charge in [-0.15, -0.1) is 0 Å². The van der Waals surface area contributed by atoms with Gasteiger partial charge in [-0.1, -0.05) is 0 Å². The molecule has 0 amide bonds. The quantitative estimate of drug-likeness (QED) is 0.707. The zero-order valence-corrected chi connectivity index (χ0v) is 7.60. The van der Waals surface area contributed by atoms with E-state index in [1.807, 2.05) is 7.05 Å². The predicted molar refractivity (Wildman–Crippen MR) is 49.1 cm³/mol. The second kappa shape index (κ2) is 2.81. The molecule has 4 heteroatoms. The number of aryl methyl sites for hydroxylation is 1. The van der Waals surface area contributed by atoms with Crippen molar-refractivity contribution >= 4 is 10.9 Å². The van der Waals surface area contributed by atoms with Crippen molar-refractivity contribution in [1.29, 1.82) is 0 Å². The first-order chi connectivity index (χ1) is 6.20. The maximum absolute atomic E-state index is 9.45. The fraction of sp³-hybridized carbons (Fsp3) is 0.333. The highest BCUT2D eigenvalue weighted by Crippen LogP contribution is 2.21. The molecule has 1 unspecified atom stereocenters. The van der Waals surface area contributed by atoms with Crippen LogP contribution in [0, 0.1) is 0 Å². The first-order valence-electron chi connectivity index (χ1n) is 4.14. The van der Waals surface area contributed by atoms with Crippen LogP contribution in [0.1, 0.15) is 18.6 Å². The molecular weight excluding hydrogens is 166 g/mol. The summed E-state index contributed by atoms with van der Waals surface area (Å²) in [6, 6.07) is 0. The van der Waals surface area contributed by atoms with Crippen LogP contribution in [0.4, 0.5) is 0 Å². The number of aliphatic hydroxyl groups is 1. The maximum Gasteiger partial charge on any atom is 0.0865 e. The van der Waals surface area contributed by atoms with E-state index in [1.165, 1.54) is 0 Å². The van der Waals surface area contributed by atoms with Crippen LogP contribution in [0.15, 0.2) is 18.6 Å². The molecule has 0 aromatic carbocycles. The number of hydrogen-bond acceptors (Lipinski definition) is 3. The topological polar surface area (TPSA) is 50.9 Å². The molecule has 1 N–H and O–H groups in total. The van der Waals surface area contributed by atoms with E-state index in [0.29, 0.717) is 0 Å². The Morgan fingerprint density at radius 1 is 1.38 bits per heavy atom. The molecule has 2 aromatic heterocycles. The number of aromatic nitrogens is 3. The van der Waals surface area contributed by atoms with Crippen molar-refractivity contribution in [2.45, 2.75) is 13.0 Å². The Bertz CT molecular complexity index is 433. The van der Waals surface area contributed by atoms with E-state index in [1.54, 1.807) is 30.2 Å². The summed E-state index contributed by atoms with van der Waals surface area (Å²) in [6.45, 7) is 1.73. The van der Waals surface area contributed by atoms with Gasteiger partial charge in [-0.25, -0.2) is 0 Å². The van der Waals surface area contributed by atoms with E-state index in [-0.39, 0.29) is 0 Å². The molecule has 0 aliphatic carbocycles. The smallest absolute Gasteiger partial charge is 0.0865 e. The molecule has 4 nitrogen and oxygen atoms in total. The average molecular weight is 177 g/mol. The van der Waals surface area contributed by atoms with Crippen LogP contribution in [0.5, 0.6) is 0 Å². The highest BCUT2D eigenvalue weighted by atomic mass is 16.3. The van der Waals surface area contributed by atoms with Crippen molar-refractivity contribution in [3.05, 3.63) is 24.2 Å². The van der Waals surface area contributed by atoms with Crippen LogP contribution in [-0.2, 0) is 7.05 Å². The predicted octanol–water partition coefficient (Wildman–Crippen LogP) is 1.02. The van der Waals surface area contributed by atoms with E-state index in [4.69, 9.17) is 0 Å². The van der Waals surface area contributed by atoms with E-state index in [0.717, 1.165) is 16.5 Å². The summed E-state index contributed by atoms with van der Waals surface area (Å²) in [5, 5.41) is 14.5. The number of nitrogens with zero attached hydrogens (tertiary/aromatic N) is 3. The zero-order valence-electron chi connectivity index (χ0n) is 7.60. The van der Waals surface area contributed by atoms with Gasteiger partial charge in [0.05, 0.1) is 24.0 Å². The van der Waals surface area contributed by atoms with Gasteiger partial charge in [-0.2, -0.15) is 5.10 Å². The summed E-state index contributed by atoms with van der Waals surface area (Å²) in [5.41, 5.74) is 1.77. The molecule has 0 bridgehead atoms. The molecule has 0 radical (unpaired) electrons. The van der Waals surface area contributed by atoms with Gasteiger partial charge in [-0.3, -0.25) is 9.67 Å². The summed E-state index contributed by atoms with van der Waals surface area (Å²) in [7, 11) is 1.86. The maximum atomic E-state index is 9.45. The number of pyridine rings is 1. The van der Waals surface area contributed by atoms with E-state index in [9.17, 15) is 5.11 Å². The number of aliphatic hydroxyl groups excluding tert-OH is 1. The largest absolute Gasteiger partial charge is 0.389 e. The van der Waals surface area contributed by atoms with Crippen molar-refractivity contribution < 1.29 is 5.11 Å². The second-order valence-corrected chi connectivity index (χ2v) is 3.11. The van der Waals surface area contributed by atoms with Gasteiger partial charge in [0, 0.05) is 24.2 Å². The summed E-state index contributed by atoms with van der Waals surface area (Å²) in [5.74, 6) is 0. The lowest BCUT2D eigenvalue weighted by atomic mass is 10.1. The van der Waals surface area contributed by atoms with Crippen LogP contribution < -0.4 is 0 Å². The molecule has 0 aliphatic heterocycles. The Morgan fingerprint density at radius 3 is 2.85 bits per heavy atom. The Hall–Kier alpha value is -1.42. The van der Waals surface area contributed by atoms with Crippen LogP contribution in [-0.4, -0.2) is 19.9 Å². The van der Waals surface area contributed by atoms with Gasteiger partial charge >= 0.3 is 0 Å². The first-order valence-corrected chi connectivity index (χ1v) is 4.14. The molecule has 1 atom stereocenters. The number of fused-ring (bicyclic) bond motifs is 1. The van der Waals surface area contributed by atoms with Crippen molar-refractivity contribution in [3.63, 3.8) is 0 Å². The van der Waals surface area contributed by atoms with E-state index in [2.05, 4.69) is 10.1 Å². The van der Waals surface area contributed by atoms with Crippen LogP contribution >= 0.6 is 0 Å². The van der Waals surface area contributed by atoms with Gasteiger partial charge in [0.1, 0.15) is 0 Å². The molecule has 2 aromatic rings. The normalized spacial score (nSPS) is 13.5. The fourth-order valence-electron chi connectivity index (χ4n) is 1.41. The van der Waals surface area contributed by atoms with Crippen molar-refractivity contribution in [2.75, 3.05) is 0 Å². The lowest BCUT2D eigenvalue weighted by molar-refractivity contribution is 0.200. The third kappa shape index (κ3) is 1.19. The van der Waals surface area contributed by atoms with Gasteiger partial charge in [-0.05, 0) is 6.92 Å². The Labute approximate surface area is 75.8 Å². The minimum Gasteiger partial charge on any atom is -0.389 e. The number of rotatable bonds is 1. The summed E-state index contributed by atoms with van der Waals surface area (Å²) in [4.78, 5) is 4.05. The monoisotopic (exact) mass is 177 g/mol. The highest BCUT2D eigenvalue weighted by Gasteiger charge is 2.08. The molecule has 2 rings (SSSR count). The summed E-state index contributed by atoms with van der Waals surface area (Å²) < 4.78 is 1.74. The lowest BCUT2D eigenvalue weighted by Gasteiger charge is -2.04. The first kappa shape index (κ1) is 8.19. The van der Waals surface area contributed by atoms with Gasteiger partial charge in [0.25, 0.3) is 0 Å². The molecule has 68 valence electrons. The minimum atomic E-state index is -0.500. The van der Waals surface area contributed by atoms with E-state index >= 15 is 0 Å². The molecular formula is C9H11N3O. The fourth-order valence-corrected chi connectivity index (χ4v) is 1.41. The van der Waals surface area contributed by atoms with Crippen LogP contribution in [0.25, 0.3) is 10.9 Å². The molecule has 0 spiro atoms. The molecule has 0 saturated carbocycles. The van der Waals surface area contributed by atoms with Crippen LogP contribution in [0.2, 0.25) is 0 Å². The molecule has 2 heterocycles. The highest BCUT2D eigenvalue weighted by molar-refractivity contribution is 5.81. The molecule has 0 fully saturated rings. The third-order valence-electron chi connectivity index (χ3n) is 2.16. The Morgan fingerprint density at radius 2 is 2.15 bits per heavy atom.